The highest BCUT2D eigenvalue weighted by atomic mass is 35.5. The lowest BCUT2D eigenvalue weighted by Crippen LogP contribution is -2.11. The van der Waals surface area contributed by atoms with Crippen LogP contribution in [0.5, 0.6) is 0 Å². The standard InChI is InChI=1S/C5H9NO.ClH/c6-5-3-1-7-2-4(3)5;/h3-5H,1-2,6H2;1H. The molecule has 0 aromatic carbocycles. The maximum atomic E-state index is 5.59. The SMILES string of the molecule is Cl.NC1C2COCC12. The van der Waals surface area contributed by atoms with E-state index in [2.05, 4.69) is 0 Å². The van der Waals surface area contributed by atoms with E-state index in [1.165, 1.54) is 0 Å². The van der Waals surface area contributed by atoms with Crippen LogP contribution in [0.4, 0.5) is 0 Å². The third kappa shape index (κ3) is 0.642. The molecule has 2 N–H and O–H groups in total. The summed E-state index contributed by atoms with van der Waals surface area (Å²) in [4.78, 5) is 0. The molecule has 2 rings (SSSR count). The van der Waals surface area contributed by atoms with Crippen LogP contribution in [0.25, 0.3) is 0 Å². The topological polar surface area (TPSA) is 35.2 Å². The minimum absolute atomic E-state index is 0. The first kappa shape index (κ1) is 6.33. The molecule has 1 saturated heterocycles. The van der Waals surface area contributed by atoms with E-state index in [0.29, 0.717) is 6.04 Å². The first-order valence-electron chi connectivity index (χ1n) is 2.73. The summed E-state index contributed by atoms with van der Waals surface area (Å²) in [6.07, 6.45) is 0. The number of hydrogen-bond acceptors (Lipinski definition) is 2. The van der Waals surface area contributed by atoms with Gasteiger partial charge in [-0.2, -0.15) is 0 Å². The van der Waals surface area contributed by atoms with E-state index in [-0.39, 0.29) is 12.4 Å². The molecule has 1 aliphatic carbocycles. The van der Waals surface area contributed by atoms with Gasteiger partial charge in [-0.1, -0.05) is 0 Å². The van der Waals surface area contributed by atoms with Crippen LogP contribution < -0.4 is 5.73 Å². The molecular weight excluding hydrogens is 126 g/mol. The van der Waals surface area contributed by atoms with Crippen molar-refractivity contribution in [2.45, 2.75) is 6.04 Å². The van der Waals surface area contributed by atoms with Gasteiger partial charge in [0.25, 0.3) is 0 Å². The Morgan fingerprint density at radius 2 is 1.75 bits per heavy atom. The molecule has 1 saturated carbocycles. The normalized spacial score (nSPS) is 49.9. The minimum Gasteiger partial charge on any atom is -0.381 e. The molecule has 0 amide bonds. The van der Waals surface area contributed by atoms with Gasteiger partial charge in [0.2, 0.25) is 0 Å². The van der Waals surface area contributed by atoms with E-state index < -0.39 is 0 Å². The molecule has 0 radical (unpaired) electrons. The Labute approximate surface area is 54.8 Å². The van der Waals surface area contributed by atoms with Crippen LogP contribution in [-0.4, -0.2) is 19.3 Å². The highest BCUT2D eigenvalue weighted by Gasteiger charge is 2.51. The van der Waals surface area contributed by atoms with Crippen molar-refractivity contribution in [1.82, 2.24) is 0 Å². The van der Waals surface area contributed by atoms with Gasteiger partial charge in [-0.15, -0.1) is 12.4 Å². The van der Waals surface area contributed by atoms with Gasteiger partial charge < -0.3 is 10.5 Å². The van der Waals surface area contributed by atoms with Crippen molar-refractivity contribution in [2.75, 3.05) is 13.2 Å². The molecule has 0 aromatic heterocycles. The Morgan fingerprint density at radius 1 is 1.25 bits per heavy atom. The fourth-order valence-electron chi connectivity index (χ4n) is 1.28. The first-order valence-corrected chi connectivity index (χ1v) is 2.73. The lowest BCUT2D eigenvalue weighted by Gasteiger charge is -1.93. The molecule has 0 aromatic rings. The number of halogens is 1. The molecule has 2 fully saturated rings. The van der Waals surface area contributed by atoms with Gasteiger partial charge in [-0.05, 0) is 0 Å². The smallest absolute Gasteiger partial charge is 0.0513 e. The highest BCUT2D eigenvalue weighted by molar-refractivity contribution is 5.85. The van der Waals surface area contributed by atoms with Crippen LogP contribution in [0.2, 0.25) is 0 Å². The Balaban J connectivity index is 0.000000320. The predicted octanol–water partition coefficient (Wildman–Crippen LogP) is 0.0117. The number of ether oxygens (including phenoxy) is 1. The Hall–Kier alpha value is 0.210. The zero-order valence-corrected chi connectivity index (χ0v) is 5.36. The van der Waals surface area contributed by atoms with Gasteiger partial charge in [0.15, 0.2) is 0 Å². The van der Waals surface area contributed by atoms with Crippen LogP contribution in [0.15, 0.2) is 0 Å². The summed E-state index contributed by atoms with van der Waals surface area (Å²) in [6.45, 7) is 1.84. The van der Waals surface area contributed by atoms with Gasteiger partial charge in [-0.25, -0.2) is 0 Å². The summed E-state index contributed by atoms with van der Waals surface area (Å²) in [7, 11) is 0. The summed E-state index contributed by atoms with van der Waals surface area (Å²) in [6, 6.07) is 0.494. The average Bonchev–Trinajstić information content (AvgIpc) is 2.26. The number of hydrogen-bond donors (Lipinski definition) is 1. The quantitative estimate of drug-likeness (QED) is 0.508. The van der Waals surface area contributed by atoms with Crippen LogP contribution in [0.3, 0.4) is 0 Å². The second-order valence-electron chi connectivity index (χ2n) is 2.44. The number of fused-ring (bicyclic) bond motifs is 1. The van der Waals surface area contributed by atoms with E-state index in [1.807, 2.05) is 0 Å². The summed E-state index contributed by atoms with van der Waals surface area (Å²) in [5.41, 5.74) is 5.59. The van der Waals surface area contributed by atoms with Crippen molar-refractivity contribution in [3.05, 3.63) is 0 Å². The van der Waals surface area contributed by atoms with Gasteiger partial charge in [0.1, 0.15) is 0 Å². The summed E-state index contributed by atoms with van der Waals surface area (Å²) < 4.78 is 5.10. The molecular formula is C5H10ClNO. The summed E-state index contributed by atoms with van der Waals surface area (Å²) >= 11 is 0. The van der Waals surface area contributed by atoms with Crippen LogP contribution >= 0.6 is 12.4 Å². The van der Waals surface area contributed by atoms with Crippen LogP contribution in [0, 0.1) is 11.8 Å². The van der Waals surface area contributed by atoms with Gasteiger partial charge in [-0.3, -0.25) is 0 Å². The third-order valence-corrected chi connectivity index (χ3v) is 2.02. The lowest BCUT2D eigenvalue weighted by atomic mass is 10.4. The van der Waals surface area contributed by atoms with Crippen LogP contribution in [-0.2, 0) is 4.74 Å². The van der Waals surface area contributed by atoms with E-state index in [0.717, 1.165) is 25.0 Å². The van der Waals surface area contributed by atoms with Crippen molar-refractivity contribution < 1.29 is 4.74 Å². The molecule has 0 spiro atoms. The monoisotopic (exact) mass is 135 g/mol. The van der Waals surface area contributed by atoms with Crippen molar-refractivity contribution in [1.29, 1.82) is 0 Å². The average molecular weight is 136 g/mol. The van der Waals surface area contributed by atoms with E-state index in [4.69, 9.17) is 10.5 Å². The van der Waals surface area contributed by atoms with Crippen molar-refractivity contribution in [3.8, 4) is 0 Å². The predicted molar refractivity (Wildman–Crippen MR) is 33.0 cm³/mol. The summed E-state index contributed by atoms with van der Waals surface area (Å²) in [5, 5.41) is 0. The molecule has 2 nitrogen and oxygen atoms in total. The van der Waals surface area contributed by atoms with Crippen LogP contribution in [0.1, 0.15) is 0 Å². The lowest BCUT2D eigenvalue weighted by molar-refractivity contribution is 0.160. The first-order chi connectivity index (χ1) is 3.39. The van der Waals surface area contributed by atoms with Gasteiger partial charge in [0.05, 0.1) is 13.2 Å². The van der Waals surface area contributed by atoms with E-state index in [9.17, 15) is 0 Å². The second kappa shape index (κ2) is 1.87. The molecule has 1 heterocycles. The minimum atomic E-state index is 0. The molecule has 8 heavy (non-hydrogen) atoms. The molecule has 48 valence electrons. The van der Waals surface area contributed by atoms with Crippen molar-refractivity contribution in [2.24, 2.45) is 17.6 Å². The summed E-state index contributed by atoms with van der Waals surface area (Å²) in [5.74, 6) is 1.47. The van der Waals surface area contributed by atoms with Gasteiger partial charge >= 0.3 is 0 Å². The maximum Gasteiger partial charge on any atom is 0.0513 e. The molecule has 3 heteroatoms. The third-order valence-electron chi connectivity index (χ3n) is 2.02. The fourth-order valence-corrected chi connectivity index (χ4v) is 1.28. The molecule has 2 unspecified atom stereocenters. The molecule has 2 atom stereocenters. The highest BCUT2D eigenvalue weighted by Crippen LogP contribution is 2.41. The van der Waals surface area contributed by atoms with Gasteiger partial charge in [0, 0.05) is 17.9 Å². The number of rotatable bonds is 0. The Morgan fingerprint density at radius 3 is 2.00 bits per heavy atom. The zero-order chi connectivity index (χ0) is 4.85. The fraction of sp³-hybridized carbons (Fsp3) is 1.00. The molecule has 2 aliphatic rings. The molecule has 0 bridgehead atoms. The van der Waals surface area contributed by atoms with E-state index >= 15 is 0 Å². The number of nitrogens with two attached hydrogens (primary N) is 1. The Bertz CT molecular complexity index is 88.4. The zero-order valence-electron chi connectivity index (χ0n) is 4.54. The van der Waals surface area contributed by atoms with Crippen molar-refractivity contribution >= 4 is 12.4 Å². The second-order valence-corrected chi connectivity index (χ2v) is 2.44. The Kier molecular flexibility index (Phi) is 1.48. The molecule has 1 aliphatic heterocycles. The largest absolute Gasteiger partial charge is 0.381 e. The van der Waals surface area contributed by atoms with E-state index in [1.54, 1.807) is 0 Å². The maximum absolute atomic E-state index is 5.59. The van der Waals surface area contributed by atoms with Crippen molar-refractivity contribution in [3.63, 3.8) is 0 Å².